The summed E-state index contributed by atoms with van der Waals surface area (Å²) in [5, 5.41) is 0.564. The van der Waals surface area contributed by atoms with Crippen molar-refractivity contribution in [3.8, 4) is 0 Å². The van der Waals surface area contributed by atoms with Crippen LogP contribution in [0.5, 0.6) is 0 Å². The van der Waals surface area contributed by atoms with Gasteiger partial charge in [-0.05, 0) is 31.0 Å². The highest BCUT2D eigenvalue weighted by atomic mass is 16.2. The summed E-state index contributed by atoms with van der Waals surface area (Å²) in [5.41, 5.74) is 1.94. The summed E-state index contributed by atoms with van der Waals surface area (Å²) in [6.45, 7) is 7.81. The Kier molecular flexibility index (Phi) is 3.89. The van der Waals surface area contributed by atoms with Crippen molar-refractivity contribution in [2.75, 3.05) is 0 Å². The average Bonchev–Trinajstić information content (AvgIpc) is 2.31. The maximum atomic E-state index is 11.8. The number of aryl methyl sites for hydroxylation is 2. The van der Waals surface area contributed by atoms with E-state index in [2.05, 4.69) is 4.98 Å². The Labute approximate surface area is 99.9 Å². The van der Waals surface area contributed by atoms with Crippen LogP contribution in [0.15, 0.2) is 21.7 Å². The lowest BCUT2D eigenvalue weighted by Gasteiger charge is -2.04. The molecule has 92 valence electrons. The van der Waals surface area contributed by atoms with Crippen LogP contribution in [0.4, 0.5) is 0 Å². The highest BCUT2D eigenvalue weighted by molar-refractivity contribution is 5.81. The monoisotopic (exact) mass is 234 g/mol. The molecule has 2 rings (SSSR count). The summed E-state index contributed by atoms with van der Waals surface area (Å²) in [6, 6.07) is 3.73. The van der Waals surface area contributed by atoms with Gasteiger partial charge in [0.2, 0.25) is 0 Å². The zero-order valence-corrected chi connectivity index (χ0v) is 10.9. The number of rotatable bonds is 0. The third kappa shape index (κ3) is 2.30. The first-order chi connectivity index (χ1) is 8.00. The number of aromatic nitrogens is 2. The van der Waals surface area contributed by atoms with Gasteiger partial charge in [0.05, 0.1) is 10.9 Å². The fraction of sp³-hybridized carbons (Fsp3) is 0.385. The molecule has 17 heavy (non-hydrogen) atoms. The molecule has 1 aromatic heterocycles. The van der Waals surface area contributed by atoms with Crippen molar-refractivity contribution in [3.63, 3.8) is 0 Å². The summed E-state index contributed by atoms with van der Waals surface area (Å²) < 4.78 is 1.08. The Morgan fingerprint density at radius 2 is 1.71 bits per heavy atom. The van der Waals surface area contributed by atoms with Crippen molar-refractivity contribution in [1.82, 2.24) is 9.55 Å². The van der Waals surface area contributed by atoms with Gasteiger partial charge < -0.3 is 4.98 Å². The molecule has 0 amide bonds. The molecule has 2 aromatic rings. The van der Waals surface area contributed by atoms with Gasteiger partial charge in [0.1, 0.15) is 0 Å². The van der Waals surface area contributed by atoms with Gasteiger partial charge in [-0.25, -0.2) is 4.79 Å². The van der Waals surface area contributed by atoms with Crippen LogP contribution in [-0.2, 0) is 7.05 Å². The van der Waals surface area contributed by atoms with Crippen LogP contribution in [0.2, 0.25) is 0 Å². The van der Waals surface area contributed by atoms with Crippen molar-refractivity contribution in [3.05, 3.63) is 44.1 Å². The minimum atomic E-state index is -0.376. The van der Waals surface area contributed by atoms with E-state index in [1.54, 1.807) is 6.07 Å². The van der Waals surface area contributed by atoms with Crippen LogP contribution in [-0.4, -0.2) is 9.55 Å². The molecular formula is C13H18N2O2. The quantitative estimate of drug-likeness (QED) is 0.756. The zero-order chi connectivity index (χ0) is 13.2. The molecule has 0 unspecified atom stereocenters. The van der Waals surface area contributed by atoms with Crippen molar-refractivity contribution >= 4 is 10.9 Å². The standard InChI is InChI=1S/C11H12N2O2.C2H6/c1-6-4-7(2)9-8(5-6)10(14)13(3)11(15)12-9;1-2/h4-5H,1-3H3,(H,12,15);1-2H3. The van der Waals surface area contributed by atoms with Crippen LogP contribution in [0.1, 0.15) is 25.0 Å². The molecule has 0 atom stereocenters. The van der Waals surface area contributed by atoms with Gasteiger partial charge in [-0.2, -0.15) is 0 Å². The summed E-state index contributed by atoms with van der Waals surface area (Å²) in [6.07, 6.45) is 0. The smallest absolute Gasteiger partial charge is 0.306 e. The molecule has 0 spiro atoms. The predicted molar refractivity (Wildman–Crippen MR) is 70.6 cm³/mol. The first-order valence-electron chi connectivity index (χ1n) is 5.71. The van der Waals surface area contributed by atoms with Crippen molar-refractivity contribution in [2.24, 2.45) is 7.05 Å². The Hall–Kier alpha value is -1.84. The van der Waals surface area contributed by atoms with Gasteiger partial charge >= 0.3 is 5.69 Å². The lowest BCUT2D eigenvalue weighted by atomic mass is 10.1. The molecule has 1 aromatic carbocycles. The molecule has 4 heteroatoms. The molecule has 0 aliphatic heterocycles. The Morgan fingerprint density at radius 3 is 2.29 bits per heavy atom. The molecule has 0 saturated carbocycles. The van der Waals surface area contributed by atoms with E-state index in [0.717, 1.165) is 15.7 Å². The number of benzene rings is 1. The minimum Gasteiger partial charge on any atom is -0.306 e. The van der Waals surface area contributed by atoms with Crippen molar-refractivity contribution in [1.29, 1.82) is 0 Å². The average molecular weight is 234 g/mol. The van der Waals surface area contributed by atoms with Gasteiger partial charge in [-0.1, -0.05) is 19.9 Å². The summed E-state index contributed by atoms with van der Waals surface area (Å²) >= 11 is 0. The van der Waals surface area contributed by atoms with Gasteiger partial charge in [0, 0.05) is 7.05 Å². The molecule has 1 heterocycles. The van der Waals surface area contributed by atoms with Crippen LogP contribution >= 0.6 is 0 Å². The second-order valence-corrected chi connectivity index (χ2v) is 3.80. The number of hydrogen-bond acceptors (Lipinski definition) is 2. The van der Waals surface area contributed by atoms with Crippen molar-refractivity contribution < 1.29 is 0 Å². The van der Waals surface area contributed by atoms with E-state index in [-0.39, 0.29) is 11.2 Å². The van der Waals surface area contributed by atoms with E-state index in [9.17, 15) is 9.59 Å². The van der Waals surface area contributed by atoms with Gasteiger partial charge in [0.25, 0.3) is 5.56 Å². The lowest BCUT2D eigenvalue weighted by Crippen LogP contribution is -2.32. The number of aromatic amines is 1. The predicted octanol–water partition coefficient (Wildman–Crippen LogP) is 1.87. The molecule has 0 fully saturated rings. The molecule has 0 radical (unpaired) electrons. The van der Waals surface area contributed by atoms with E-state index >= 15 is 0 Å². The van der Waals surface area contributed by atoms with Crippen LogP contribution in [0, 0.1) is 13.8 Å². The SMILES string of the molecule is CC.Cc1cc(C)c2[nH]c(=O)n(C)c(=O)c2c1. The highest BCUT2D eigenvalue weighted by Gasteiger charge is 2.06. The van der Waals surface area contributed by atoms with Crippen molar-refractivity contribution in [2.45, 2.75) is 27.7 Å². The fourth-order valence-electron chi connectivity index (χ4n) is 1.77. The summed E-state index contributed by atoms with van der Waals surface area (Å²) in [7, 11) is 1.47. The first kappa shape index (κ1) is 13.2. The third-order valence-electron chi connectivity index (χ3n) is 2.55. The number of fused-ring (bicyclic) bond motifs is 1. The minimum absolute atomic E-state index is 0.249. The largest absolute Gasteiger partial charge is 0.328 e. The highest BCUT2D eigenvalue weighted by Crippen LogP contribution is 2.13. The molecular weight excluding hydrogens is 216 g/mol. The van der Waals surface area contributed by atoms with Crippen LogP contribution < -0.4 is 11.2 Å². The van der Waals surface area contributed by atoms with Crippen LogP contribution in [0.3, 0.4) is 0 Å². The summed E-state index contributed by atoms with van der Waals surface area (Å²) in [4.78, 5) is 25.9. The van der Waals surface area contributed by atoms with E-state index in [1.807, 2.05) is 33.8 Å². The van der Waals surface area contributed by atoms with E-state index in [0.29, 0.717) is 10.9 Å². The second kappa shape index (κ2) is 4.99. The van der Waals surface area contributed by atoms with E-state index in [1.165, 1.54) is 7.05 Å². The Morgan fingerprint density at radius 1 is 1.12 bits per heavy atom. The zero-order valence-electron chi connectivity index (χ0n) is 10.9. The lowest BCUT2D eigenvalue weighted by molar-refractivity contribution is 0.793. The molecule has 0 bridgehead atoms. The number of nitrogens with zero attached hydrogens (tertiary/aromatic N) is 1. The van der Waals surface area contributed by atoms with E-state index < -0.39 is 0 Å². The molecule has 1 N–H and O–H groups in total. The number of nitrogens with one attached hydrogen (secondary N) is 1. The number of hydrogen-bond donors (Lipinski definition) is 1. The Balaban J connectivity index is 0.000000686. The van der Waals surface area contributed by atoms with Gasteiger partial charge in [-0.15, -0.1) is 0 Å². The number of H-pyrrole nitrogens is 1. The summed E-state index contributed by atoms with van der Waals surface area (Å²) in [5.74, 6) is 0. The van der Waals surface area contributed by atoms with E-state index in [4.69, 9.17) is 0 Å². The molecule has 4 nitrogen and oxygen atoms in total. The first-order valence-corrected chi connectivity index (χ1v) is 5.71. The van der Waals surface area contributed by atoms with Gasteiger partial charge in [-0.3, -0.25) is 9.36 Å². The molecule has 0 aliphatic carbocycles. The normalized spacial score (nSPS) is 9.94. The maximum Gasteiger partial charge on any atom is 0.328 e. The topological polar surface area (TPSA) is 54.9 Å². The van der Waals surface area contributed by atoms with Gasteiger partial charge in [0.15, 0.2) is 0 Å². The maximum absolute atomic E-state index is 11.8. The fourth-order valence-corrected chi connectivity index (χ4v) is 1.77. The molecule has 0 saturated heterocycles. The second-order valence-electron chi connectivity index (χ2n) is 3.80. The molecule has 0 aliphatic rings. The van der Waals surface area contributed by atoms with Crippen LogP contribution in [0.25, 0.3) is 10.9 Å². The Bertz CT molecular complexity index is 651. The third-order valence-corrected chi connectivity index (χ3v) is 2.55.